The number of carbonyl (C=O) groups is 1. The van der Waals surface area contributed by atoms with E-state index in [0.717, 1.165) is 11.8 Å². The van der Waals surface area contributed by atoms with Crippen LogP contribution in [0.3, 0.4) is 0 Å². The van der Waals surface area contributed by atoms with Crippen molar-refractivity contribution < 1.29 is 4.79 Å². The summed E-state index contributed by atoms with van der Waals surface area (Å²) in [5, 5.41) is 0. The predicted molar refractivity (Wildman–Crippen MR) is 101 cm³/mol. The van der Waals surface area contributed by atoms with E-state index in [0.29, 0.717) is 5.56 Å². The van der Waals surface area contributed by atoms with Gasteiger partial charge in [0.1, 0.15) is 6.29 Å². The summed E-state index contributed by atoms with van der Waals surface area (Å²) in [6.45, 7) is 16.2. The Kier molecular flexibility index (Phi) is 14.3. The van der Waals surface area contributed by atoms with E-state index in [4.69, 9.17) is 0 Å². The van der Waals surface area contributed by atoms with E-state index in [2.05, 4.69) is 32.0 Å². The highest BCUT2D eigenvalue weighted by Crippen LogP contribution is 2.25. The monoisotopic (exact) mass is 300 g/mol. The topological polar surface area (TPSA) is 17.1 Å². The van der Waals surface area contributed by atoms with Crippen molar-refractivity contribution >= 4 is 6.29 Å². The lowest BCUT2D eigenvalue weighted by atomic mass is 9.96. The molecule has 0 aliphatic carbocycles. The van der Waals surface area contributed by atoms with Crippen LogP contribution in [0.4, 0.5) is 0 Å². The highest BCUT2D eigenvalue weighted by atomic mass is 16.1. The van der Waals surface area contributed by atoms with E-state index in [1.54, 1.807) is 0 Å². The van der Waals surface area contributed by atoms with Crippen molar-refractivity contribution in [2.45, 2.75) is 55.4 Å². The minimum absolute atomic E-state index is 0.717. The number of carbonyl (C=O) groups excluding carboxylic acids is 1. The number of aryl methyl sites for hydroxylation is 1. The number of aldehydes is 1. The number of hydrogen-bond acceptors (Lipinski definition) is 1. The summed E-state index contributed by atoms with van der Waals surface area (Å²) < 4.78 is 0. The lowest BCUT2D eigenvalue weighted by Gasteiger charge is -2.08. The van der Waals surface area contributed by atoms with Crippen molar-refractivity contribution in [1.82, 2.24) is 0 Å². The molecule has 0 atom stereocenters. The van der Waals surface area contributed by atoms with Gasteiger partial charge < -0.3 is 0 Å². The van der Waals surface area contributed by atoms with E-state index in [1.165, 1.54) is 16.7 Å². The molecule has 0 radical (unpaired) electrons. The molecular formula is C21H32O. The van der Waals surface area contributed by atoms with Gasteiger partial charge in [0.05, 0.1) is 0 Å². The van der Waals surface area contributed by atoms with Gasteiger partial charge in [-0.15, -0.1) is 0 Å². The molecule has 0 saturated carbocycles. The first-order chi connectivity index (χ1) is 10.7. The van der Waals surface area contributed by atoms with Gasteiger partial charge in [0.25, 0.3) is 0 Å². The highest BCUT2D eigenvalue weighted by Gasteiger charge is 2.03. The predicted octanol–water partition coefficient (Wildman–Crippen LogP) is 6.86. The Bertz CT molecular complexity index is 510. The highest BCUT2D eigenvalue weighted by molar-refractivity contribution is 5.77. The van der Waals surface area contributed by atoms with E-state index in [9.17, 15) is 4.79 Å². The van der Waals surface area contributed by atoms with E-state index >= 15 is 0 Å². The van der Waals surface area contributed by atoms with Gasteiger partial charge in [-0.05, 0) is 36.1 Å². The van der Waals surface area contributed by atoms with Gasteiger partial charge in [-0.3, -0.25) is 4.79 Å². The van der Waals surface area contributed by atoms with Crippen LogP contribution in [0.2, 0.25) is 0 Å². The average molecular weight is 300 g/mol. The average Bonchev–Trinajstić information content (AvgIpc) is 2.63. The maximum atomic E-state index is 10.6. The molecule has 0 amide bonds. The molecule has 0 bridgehead atoms. The number of benzene rings is 2. The molecule has 2 aromatic carbocycles. The van der Waals surface area contributed by atoms with Crippen LogP contribution in [-0.2, 0) is 0 Å². The summed E-state index contributed by atoms with van der Waals surface area (Å²) in [7, 11) is 0. The summed E-state index contributed by atoms with van der Waals surface area (Å²) >= 11 is 0. The van der Waals surface area contributed by atoms with E-state index < -0.39 is 0 Å². The van der Waals surface area contributed by atoms with Crippen LogP contribution in [0.25, 0.3) is 11.1 Å². The van der Waals surface area contributed by atoms with Gasteiger partial charge in [0, 0.05) is 5.56 Å². The van der Waals surface area contributed by atoms with Crippen LogP contribution in [-0.4, -0.2) is 6.29 Å². The van der Waals surface area contributed by atoms with E-state index in [-0.39, 0.29) is 0 Å². The minimum Gasteiger partial charge on any atom is -0.298 e. The van der Waals surface area contributed by atoms with Crippen LogP contribution < -0.4 is 0 Å². The molecule has 0 aliphatic rings. The molecule has 1 heteroatoms. The zero-order valence-electron chi connectivity index (χ0n) is 15.5. The van der Waals surface area contributed by atoms with Crippen LogP contribution in [0.5, 0.6) is 0 Å². The van der Waals surface area contributed by atoms with Crippen molar-refractivity contribution in [3.63, 3.8) is 0 Å². The van der Waals surface area contributed by atoms with Gasteiger partial charge in [-0.2, -0.15) is 0 Å². The Labute approximate surface area is 137 Å². The van der Waals surface area contributed by atoms with Gasteiger partial charge >= 0.3 is 0 Å². The third-order valence-corrected chi connectivity index (χ3v) is 2.96. The van der Waals surface area contributed by atoms with Crippen LogP contribution >= 0.6 is 0 Å². The fourth-order valence-corrected chi connectivity index (χ4v) is 1.81. The molecule has 2 aromatic rings. The molecule has 22 heavy (non-hydrogen) atoms. The fourth-order valence-electron chi connectivity index (χ4n) is 1.81. The van der Waals surface area contributed by atoms with Crippen molar-refractivity contribution in [3.8, 4) is 11.1 Å². The summed E-state index contributed by atoms with van der Waals surface area (Å²) in [6, 6.07) is 14.0. The molecule has 2 rings (SSSR count). The van der Waals surface area contributed by atoms with Gasteiger partial charge in [-0.1, -0.05) is 84.0 Å². The van der Waals surface area contributed by atoms with Crippen molar-refractivity contribution in [2.24, 2.45) is 0 Å². The normalized spacial score (nSPS) is 8.18. The SMILES string of the molecule is CC.CC.CC.Cc1cccc(-c2ccc(C=O)cc2)c1C. The van der Waals surface area contributed by atoms with Crippen molar-refractivity contribution in [3.05, 3.63) is 59.2 Å². The lowest BCUT2D eigenvalue weighted by molar-refractivity contribution is 0.112. The number of rotatable bonds is 2. The fraction of sp³-hybridized carbons (Fsp3) is 0.381. The minimum atomic E-state index is 0.717. The van der Waals surface area contributed by atoms with Gasteiger partial charge in [0.2, 0.25) is 0 Å². The van der Waals surface area contributed by atoms with Crippen LogP contribution in [0.1, 0.15) is 63.0 Å². The Morgan fingerprint density at radius 1 is 0.727 bits per heavy atom. The Morgan fingerprint density at radius 3 is 1.68 bits per heavy atom. The third-order valence-electron chi connectivity index (χ3n) is 2.96. The largest absolute Gasteiger partial charge is 0.298 e. The zero-order chi connectivity index (χ0) is 17.5. The molecule has 0 aromatic heterocycles. The molecule has 0 unspecified atom stereocenters. The zero-order valence-corrected chi connectivity index (χ0v) is 15.5. The Hall–Kier alpha value is -1.89. The third kappa shape index (κ3) is 6.71. The van der Waals surface area contributed by atoms with Crippen molar-refractivity contribution in [2.75, 3.05) is 0 Å². The molecule has 0 spiro atoms. The molecule has 0 N–H and O–H groups in total. The maximum Gasteiger partial charge on any atom is 0.150 e. The number of hydrogen-bond donors (Lipinski definition) is 0. The van der Waals surface area contributed by atoms with Crippen molar-refractivity contribution in [1.29, 1.82) is 0 Å². The molecule has 0 aliphatic heterocycles. The quantitative estimate of drug-likeness (QED) is 0.553. The Morgan fingerprint density at radius 2 is 1.23 bits per heavy atom. The van der Waals surface area contributed by atoms with Crippen LogP contribution in [0.15, 0.2) is 42.5 Å². The summed E-state index contributed by atoms with van der Waals surface area (Å²) in [5.74, 6) is 0. The molecule has 0 saturated heterocycles. The molecule has 122 valence electrons. The molecule has 0 fully saturated rings. The summed E-state index contributed by atoms with van der Waals surface area (Å²) in [6.07, 6.45) is 0.868. The smallest absolute Gasteiger partial charge is 0.150 e. The molecule has 0 heterocycles. The summed E-state index contributed by atoms with van der Waals surface area (Å²) in [4.78, 5) is 10.6. The first-order valence-electron chi connectivity index (χ1n) is 8.34. The standard InChI is InChI=1S/C15H14O.3C2H6/c1-11-4-3-5-15(12(11)2)14-8-6-13(10-16)7-9-14;3*1-2/h3-10H,1-2H3;3*1-2H3. The van der Waals surface area contributed by atoms with Gasteiger partial charge in [-0.25, -0.2) is 0 Å². The van der Waals surface area contributed by atoms with E-state index in [1.807, 2.05) is 65.8 Å². The van der Waals surface area contributed by atoms with Gasteiger partial charge in [0.15, 0.2) is 0 Å². The first-order valence-corrected chi connectivity index (χ1v) is 8.34. The second kappa shape index (κ2) is 14.1. The lowest BCUT2D eigenvalue weighted by Crippen LogP contribution is -1.87. The second-order valence-electron chi connectivity index (χ2n) is 3.99. The molecular weight excluding hydrogens is 268 g/mol. The van der Waals surface area contributed by atoms with Crippen LogP contribution in [0, 0.1) is 13.8 Å². The first kappa shape index (κ1) is 22.4. The molecule has 1 nitrogen and oxygen atoms in total. The second-order valence-corrected chi connectivity index (χ2v) is 3.99. The maximum absolute atomic E-state index is 10.6. The Balaban J connectivity index is 0. The summed E-state index contributed by atoms with van der Waals surface area (Å²) in [5.41, 5.74) is 5.69.